The molecule has 0 aliphatic carbocycles. The van der Waals surface area contributed by atoms with Crippen LogP contribution in [-0.4, -0.2) is 14.2 Å². The second kappa shape index (κ2) is 3.97. The number of methoxy groups -OCH3 is 2. The first-order chi connectivity index (χ1) is 5.77. The van der Waals surface area contributed by atoms with Gasteiger partial charge in [0.15, 0.2) is 0 Å². The normalized spacial score (nSPS) is 9.83. The van der Waals surface area contributed by atoms with E-state index >= 15 is 0 Å². The van der Waals surface area contributed by atoms with Gasteiger partial charge in [-0.2, -0.15) is 0 Å². The summed E-state index contributed by atoms with van der Waals surface area (Å²) < 4.78 is 10.0. The topological polar surface area (TPSA) is 44.5 Å². The van der Waals surface area contributed by atoms with Gasteiger partial charge in [0, 0.05) is 18.4 Å². The van der Waals surface area contributed by atoms with Crippen LogP contribution in [0, 0.1) is 0 Å². The van der Waals surface area contributed by atoms with Gasteiger partial charge in [-0.15, -0.1) is 0 Å². The van der Waals surface area contributed by atoms with Crippen molar-refractivity contribution >= 4 is 5.69 Å². The molecule has 0 saturated heterocycles. The number of ether oxygens (including phenoxy) is 2. The molecule has 3 heteroatoms. The monoisotopic (exact) mass is 167 g/mol. The molecular weight excluding hydrogens is 154 g/mol. The summed E-state index contributed by atoms with van der Waals surface area (Å²) in [6.45, 7) is 0.517. The Balaban J connectivity index is 2.91. The fourth-order valence-electron chi connectivity index (χ4n) is 0.990. The molecule has 1 rings (SSSR count). The minimum absolute atomic E-state index is 0.517. The van der Waals surface area contributed by atoms with E-state index in [-0.39, 0.29) is 0 Å². The zero-order valence-electron chi connectivity index (χ0n) is 7.33. The molecule has 0 fully saturated rings. The fraction of sp³-hybridized carbons (Fsp3) is 0.333. The number of nitrogens with two attached hydrogens (primary N) is 1. The van der Waals surface area contributed by atoms with Crippen LogP contribution in [0.5, 0.6) is 5.75 Å². The van der Waals surface area contributed by atoms with Crippen molar-refractivity contribution in [3.05, 3.63) is 23.8 Å². The quantitative estimate of drug-likeness (QED) is 0.692. The van der Waals surface area contributed by atoms with Crippen molar-refractivity contribution in [2.45, 2.75) is 6.61 Å². The number of hydrogen-bond acceptors (Lipinski definition) is 3. The molecule has 0 aromatic heterocycles. The Bertz CT molecular complexity index is 261. The van der Waals surface area contributed by atoms with E-state index in [0.29, 0.717) is 6.61 Å². The molecule has 2 N–H and O–H groups in total. The zero-order chi connectivity index (χ0) is 8.97. The first kappa shape index (κ1) is 8.87. The molecule has 0 amide bonds. The third-order valence-corrected chi connectivity index (χ3v) is 1.65. The molecule has 3 nitrogen and oxygen atoms in total. The highest BCUT2D eigenvalue weighted by Crippen LogP contribution is 2.19. The average Bonchev–Trinajstić information content (AvgIpc) is 2.09. The van der Waals surface area contributed by atoms with Gasteiger partial charge in [-0.3, -0.25) is 0 Å². The van der Waals surface area contributed by atoms with Crippen LogP contribution < -0.4 is 10.5 Å². The van der Waals surface area contributed by atoms with Crippen LogP contribution in [0.25, 0.3) is 0 Å². The fourth-order valence-corrected chi connectivity index (χ4v) is 0.990. The van der Waals surface area contributed by atoms with Gasteiger partial charge >= 0.3 is 0 Å². The Morgan fingerprint density at radius 2 is 2.08 bits per heavy atom. The summed E-state index contributed by atoms with van der Waals surface area (Å²) in [4.78, 5) is 0. The molecule has 66 valence electrons. The SMILES string of the molecule is COCc1cc(OC)ccc1N. The van der Waals surface area contributed by atoms with Crippen LogP contribution in [0.4, 0.5) is 5.69 Å². The number of nitrogen functional groups attached to an aromatic ring is 1. The lowest BCUT2D eigenvalue weighted by molar-refractivity contribution is 0.185. The first-order valence-electron chi connectivity index (χ1n) is 3.69. The lowest BCUT2D eigenvalue weighted by atomic mass is 10.2. The molecule has 0 aliphatic rings. The van der Waals surface area contributed by atoms with Crippen LogP contribution >= 0.6 is 0 Å². The van der Waals surface area contributed by atoms with Gasteiger partial charge in [-0.1, -0.05) is 0 Å². The van der Waals surface area contributed by atoms with Gasteiger partial charge in [0.2, 0.25) is 0 Å². The summed E-state index contributed by atoms with van der Waals surface area (Å²) in [6.07, 6.45) is 0. The molecule has 1 aromatic carbocycles. The van der Waals surface area contributed by atoms with Gasteiger partial charge in [0.1, 0.15) is 5.75 Å². The predicted molar refractivity (Wildman–Crippen MR) is 48.1 cm³/mol. The van der Waals surface area contributed by atoms with Gasteiger partial charge < -0.3 is 15.2 Å². The molecule has 1 aromatic rings. The van der Waals surface area contributed by atoms with E-state index in [1.807, 2.05) is 18.2 Å². The lowest BCUT2D eigenvalue weighted by Gasteiger charge is -2.06. The maximum Gasteiger partial charge on any atom is 0.119 e. The molecule has 12 heavy (non-hydrogen) atoms. The van der Waals surface area contributed by atoms with Gasteiger partial charge in [0.05, 0.1) is 13.7 Å². The summed E-state index contributed by atoms with van der Waals surface area (Å²) in [7, 11) is 3.26. The highest BCUT2D eigenvalue weighted by Gasteiger charge is 1.99. The van der Waals surface area contributed by atoms with E-state index in [0.717, 1.165) is 17.0 Å². The van der Waals surface area contributed by atoms with E-state index in [9.17, 15) is 0 Å². The van der Waals surface area contributed by atoms with E-state index in [1.165, 1.54) is 0 Å². The van der Waals surface area contributed by atoms with Crippen molar-refractivity contribution in [1.29, 1.82) is 0 Å². The predicted octanol–water partition coefficient (Wildman–Crippen LogP) is 1.42. The second-order valence-electron chi connectivity index (χ2n) is 2.50. The number of benzene rings is 1. The average molecular weight is 167 g/mol. The van der Waals surface area contributed by atoms with Crippen LogP contribution in [0.3, 0.4) is 0 Å². The number of anilines is 1. The Labute approximate surface area is 72.1 Å². The standard InChI is InChI=1S/C9H13NO2/c1-11-6-7-5-8(12-2)3-4-9(7)10/h3-5H,6,10H2,1-2H3. The molecule has 0 unspecified atom stereocenters. The van der Waals surface area contributed by atoms with Crippen LogP contribution in [0.2, 0.25) is 0 Å². The van der Waals surface area contributed by atoms with Gasteiger partial charge in [-0.25, -0.2) is 0 Å². The molecule has 0 saturated carbocycles. The minimum Gasteiger partial charge on any atom is -0.497 e. The van der Waals surface area contributed by atoms with Crippen molar-refractivity contribution in [2.24, 2.45) is 0 Å². The number of rotatable bonds is 3. The van der Waals surface area contributed by atoms with Crippen LogP contribution in [0.1, 0.15) is 5.56 Å². The Kier molecular flexibility index (Phi) is 2.94. The molecule has 0 aliphatic heterocycles. The molecule has 0 spiro atoms. The van der Waals surface area contributed by atoms with Crippen LogP contribution in [0.15, 0.2) is 18.2 Å². The zero-order valence-corrected chi connectivity index (χ0v) is 7.33. The highest BCUT2D eigenvalue weighted by molar-refractivity contribution is 5.50. The van der Waals surface area contributed by atoms with Crippen molar-refractivity contribution in [3.63, 3.8) is 0 Å². The van der Waals surface area contributed by atoms with E-state index < -0.39 is 0 Å². The third kappa shape index (κ3) is 1.89. The third-order valence-electron chi connectivity index (χ3n) is 1.65. The maximum atomic E-state index is 5.69. The molecular formula is C9H13NO2. The molecule has 0 bridgehead atoms. The first-order valence-corrected chi connectivity index (χ1v) is 3.69. The summed E-state index contributed by atoms with van der Waals surface area (Å²) >= 11 is 0. The highest BCUT2D eigenvalue weighted by atomic mass is 16.5. The van der Waals surface area contributed by atoms with Gasteiger partial charge in [0.25, 0.3) is 0 Å². The molecule has 0 radical (unpaired) electrons. The molecule has 0 heterocycles. The van der Waals surface area contributed by atoms with Crippen molar-refractivity contribution in [1.82, 2.24) is 0 Å². The van der Waals surface area contributed by atoms with Crippen molar-refractivity contribution in [2.75, 3.05) is 20.0 Å². The largest absolute Gasteiger partial charge is 0.497 e. The Hall–Kier alpha value is -1.22. The van der Waals surface area contributed by atoms with E-state index in [2.05, 4.69) is 0 Å². The minimum atomic E-state index is 0.517. The Morgan fingerprint density at radius 3 is 2.67 bits per heavy atom. The summed E-state index contributed by atoms with van der Waals surface area (Å²) in [6, 6.07) is 5.51. The summed E-state index contributed by atoms with van der Waals surface area (Å²) in [5.74, 6) is 0.802. The number of hydrogen-bond donors (Lipinski definition) is 1. The summed E-state index contributed by atoms with van der Waals surface area (Å²) in [5, 5.41) is 0. The summed E-state index contributed by atoms with van der Waals surface area (Å²) in [5.41, 5.74) is 7.38. The lowest BCUT2D eigenvalue weighted by Crippen LogP contribution is -1.96. The van der Waals surface area contributed by atoms with E-state index in [1.54, 1.807) is 14.2 Å². The van der Waals surface area contributed by atoms with Crippen LogP contribution in [-0.2, 0) is 11.3 Å². The molecule has 0 atom stereocenters. The second-order valence-corrected chi connectivity index (χ2v) is 2.50. The van der Waals surface area contributed by atoms with Crippen molar-refractivity contribution < 1.29 is 9.47 Å². The smallest absolute Gasteiger partial charge is 0.119 e. The van der Waals surface area contributed by atoms with Gasteiger partial charge in [-0.05, 0) is 18.2 Å². The maximum absolute atomic E-state index is 5.69. The van der Waals surface area contributed by atoms with E-state index in [4.69, 9.17) is 15.2 Å². The van der Waals surface area contributed by atoms with Crippen molar-refractivity contribution in [3.8, 4) is 5.75 Å². The Morgan fingerprint density at radius 1 is 1.33 bits per heavy atom.